The molecule has 3 unspecified atom stereocenters. The third-order valence-corrected chi connectivity index (χ3v) is 10.8. The minimum absolute atomic E-state index is 0.0784. The highest BCUT2D eigenvalue weighted by Gasteiger charge is 2.80. The number of ketones is 2. The predicted molar refractivity (Wildman–Crippen MR) is 137 cm³/mol. The lowest BCUT2D eigenvalue weighted by atomic mass is 9.44. The van der Waals surface area contributed by atoms with E-state index in [1.54, 1.807) is 26.8 Å². The first-order chi connectivity index (χ1) is 18.1. The zero-order chi connectivity index (χ0) is 28.6. The second-order valence-corrected chi connectivity index (χ2v) is 14.2. The van der Waals surface area contributed by atoms with Crippen LogP contribution in [0.1, 0.15) is 53.4 Å². The highest BCUT2D eigenvalue weighted by molar-refractivity contribution is 7.43. The molecule has 9 atom stereocenters. The molecule has 214 valence electrons. The molecule has 0 bridgehead atoms. The molecule has 1 heterocycles. The quantitative estimate of drug-likeness (QED) is 0.374. The van der Waals surface area contributed by atoms with Crippen molar-refractivity contribution in [2.24, 2.45) is 22.7 Å². The lowest BCUT2D eigenvalue weighted by molar-refractivity contribution is -0.246. The van der Waals surface area contributed by atoms with Crippen molar-refractivity contribution in [1.82, 2.24) is 0 Å². The van der Waals surface area contributed by atoms with Gasteiger partial charge in [0, 0.05) is 16.7 Å². The Morgan fingerprint density at radius 2 is 1.92 bits per heavy atom. The SMILES string of the molecule is C[P+](=O)CCOC(=O)OCC(=O)[C@@]12OC(C)(C)O[C@@H]1CC1C3CCC4=CC(=O)C=C[C@]4(C)[C@@]3(F)[C@@H](O)C[C@@]12C. The van der Waals surface area contributed by atoms with E-state index < -0.39 is 72.4 Å². The van der Waals surface area contributed by atoms with Crippen LogP contribution in [0.25, 0.3) is 0 Å². The highest BCUT2D eigenvalue weighted by Crippen LogP contribution is 2.72. The van der Waals surface area contributed by atoms with E-state index in [9.17, 15) is 24.1 Å². The average molecular weight is 568 g/mol. The molecule has 1 N–H and O–H groups in total. The number of carbonyl (C=O) groups is 3. The Morgan fingerprint density at radius 1 is 1.21 bits per heavy atom. The van der Waals surface area contributed by atoms with E-state index in [-0.39, 0.29) is 30.9 Å². The van der Waals surface area contributed by atoms with Gasteiger partial charge in [-0.3, -0.25) is 9.59 Å². The van der Waals surface area contributed by atoms with Crippen molar-refractivity contribution in [2.45, 2.75) is 82.6 Å². The fraction of sp³-hybridized carbons (Fsp3) is 0.750. The number of aliphatic hydroxyl groups is 1. The molecule has 4 fully saturated rings. The molecule has 5 aliphatic rings. The van der Waals surface area contributed by atoms with Crippen LogP contribution in [0.15, 0.2) is 23.8 Å². The maximum absolute atomic E-state index is 17.4. The molecule has 0 aromatic rings. The number of alkyl halides is 1. The van der Waals surface area contributed by atoms with E-state index in [1.807, 2.05) is 6.92 Å². The molecule has 0 radical (unpaired) electrons. The first-order valence-corrected chi connectivity index (χ1v) is 15.4. The van der Waals surface area contributed by atoms with Crippen LogP contribution >= 0.6 is 7.80 Å². The normalized spacial score (nSPS) is 43.9. The zero-order valence-electron chi connectivity index (χ0n) is 23.0. The molecule has 1 aliphatic heterocycles. The molecular weight excluding hydrogens is 530 g/mol. The summed E-state index contributed by atoms with van der Waals surface area (Å²) in [4.78, 5) is 38.1. The van der Waals surface area contributed by atoms with E-state index >= 15 is 4.39 Å². The topological polar surface area (TPSA) is 125 Å². The molecule has 39 heavy (non-hydrogen) atoms. The van der Waals surface area contributed by atoms with Gasteiger partial charge in [-0.1, -0.05) is 23.1 Å². The highest BCUT2D eigenvalue weighted by atomic mass is 31.1. The number of Topliss-reactive ketones (excluding diaryl/α,β-unsaturated/α-hetero) is 1. The minimum Gasteiger partial charge on any atom is -0.430 e. The van der Waals surface area contributed by atoms with Crippen LogP contribution in [0.2, 0.25) is 0 Å². The third-order valence-electron chi connectivity index (χ3n) is 10.00. The molecule has 0 aromatic carbocycles. The van der Waals surface area contributed by atoms with Crippen LogP contribution in [0.5, 0.6) is 0 Å². The van der Waals surface area contributed by atoms with Gasteiger partial charge in [-0.25, -0.2) is 9.18 Å². The van der Waals surface area contributed by atoms with Crippen LogP contribution in [-0.2, 0) is 33.1 Å². The van der Waals surface area contributed by atoms with Crippen molar-refractivity contribution in [3.8, 4) is 0 Å². The number of aliphatic hydroxyl groups excluding tert-OH is 1. The Kier molecular flexibility index (Phi) is 6.78. The number of ether oxygens (including phenoxy) is 4. The predicted octanol–water partition coefficient (Wildman–Crippen LogP) is 4.04. The third kappa shape index (κ3) is 4.00. The molecule has 1 saturated heterocycles. The van der Waals surface area contributed by atoms with Crippen LogP contribution in [-0.4, -0.2) is 78.1 Å². The summed E-state index contributed by atoms with van der Waals surface area (Å²) in [7, 11) is -1.49. The van der Waals surface area contributed by atoms with E-state index in [0.29, 0.717) is 24.8 Å². The van der Waals surface area contributed by atoms with Gasteiger partial charge >= 0.3 is 14.0 Å². The second-order valence-electron chi connectivity index (χ2n) is 12.5. The maximum atomic E-state index is 17.4. The van der Waals surface area contributed by atoms with Crippen LogP contribution in [0.4, 0.5) is 9.18 Å². The molecular formula is C28H37FO9P+. The van der Waals surface area contributed by atoms with Crippen LogP contribution < -0.4 is 0 Å². The van der Waals surface area contributed by atoms with Crippen molar-refractivity contribution in [1.29, 1.82) is 0 Å². The van der Waals surface area contributed by atoms with Gasteiger partial charge in [0.2, 0.25) is 5.78 Å². The maximum Gasteiger partial charge on any atom is 0.508 e. The number of hydrogen-bond acceptors (Lipinski definition) is 9. The summed E-state index contributed by atoms with van der Waals surface area (Å²) in [6.45, 7) is 7.74. The smallest absolute Gasteiger partial charge is 0.430 e. The molecule has 9 nitrogen and oxygen atoms in total. The van der Waals surface area contributed by atoms with Crippen LogP contribution in [0, 0.1) is 22.7 Å². The van der Waals surface area contributed by atoms with Crippen molar-refractivity contribution in [2.75, 3.05) is 26.0 Å². The van der Waals surface area contributed by atoms with Gasteiger partial charge in [0.15, 0.2) is 35.6 Å². The fourth-order valence-electron chi connectivity index (χ4n) is 8.34. The summed E-state index contributed by atoms with van der Waals surface area (Å²) in [6, 6.07) is 0. The fourth-order valence-corrected chi connectivity index (χ4v) is 8.69. The zero-order valence-corrected chi connectivity index (χ0v) is 23.9. The summed E-state index contributed by atoms with van der Waals surface area (Å²) in [5, 5.41) is 11.6. The first kappa shape index (κ1) is 28.5. The number of halogens is 1. The van der Waals surface area contributed by atoms with E-state index in [1.165, 1.54) is 18.8 Å². The first-order valence-electron chi connectivity index (χ1n) is 13.5. The second kappa shape index (κ2) is 9.26. The largest absolute Gasteiger partial charge is 0.508 e. The van der Waals surface area contributed by atoms with Gasteiger partial charge in [0.1, 0.15) is 13.3 Å². The lowest BCUT2D eigenvalue weighted by Crippen LogP contribution is -2.70. The number of hydrogen-bond donors (Lipinski definition) is 1. The Labute approximate surface area is 228 Å². The van der Waals surface area contributed by atoms with E-state index in [4.69, 9.17) is 18.9 Å². The average Bonchev–Trinajstić information content (AvgIpc) is 3.24. The molecule has 11 heteroatoms. The standard InChI is InChI=1S/C28H37FO9P/c1-24(2)37-22-13-19-18-7-6-16-12-17(30)8-9-25(16,3)27(18,29)20(31)14-26(19,4)28(22,38-24)21(32)15-36-23(33)35-10-11-39(5)34/h8-9,12,18-20,22,31H,6-7,10-11,13-15H2,1-5H3/q+1/t18?,19?,20-,22+,25-,26-,27-,28+/m0/s1. The molecule has 0 amide bonds. The van der Waals surface area contributed by atoms with E-state index in [2.05, 4.69) is 0 Å². The molecule has 5 rings (SSSR count). The van der Waals surface area contributed by atoms with Gasteiger partial charge < -0.3 is 24.1 Å². The summed E-state index contributed by atoms with van der Waals surface area (Å²) >= 11 is 0. The van der Waals surface area contributed by atoms with Crippen LogP contribution in [0.3, 0.4) is 0 Å². The Morgan fingerprint density at radius 3 is 2.62 bits per heavy atom. The molecule has 0 aromatic heterocycles. The number of carbonyl (C=O) groups excluding carboxylic acids is 3. The summed E-state index contributed by atoms with van der Waals surface area (Å²) in [5.41, 5.74) is -5.14. The number of fused-ring (bicyclic) bond motifs is 7. The van der Waals surface area contributed by atoms with Crippen molar-refractivity contribution in [3.05, 3.63) is 23.8 Å². The van der Waals surface area contributed by atoms with Gasteiger partial charge in [0.05, 0.1) is 12.2 Å². The van der Waals surface area contributed by atoms with Crippen molar-refractivity contribution in [3.63, 3.8) is 0 Å². The molecule has 3 saturated carbocycles. The Balaban J connectivity index is 1.46. The summed E-state index contributed by atoms with van der Waals surface area (Å²) in [5.74, 6) is -2.86. The minimum atomic E-state index is -2.06. The summed E-state index contributed by atoms with van der Waals surface area (Å²) in [6.07, 6.45) is 2.53. The molecule has 0 spiro atoms. The monoisotopic (exact) mass is 567 g/mol. The molecule has 4 aliphatic carbocycles. The van der Waals surface area contributed by atoms with Gasteiger partial charge in [0.25, 0.3) is 0 Å². The Bertz CT molecular complexity index is 1180. The lowest BCUT2D eigenvalue weighted by Gasteiger charge is -2.62. The van der Waals surface area contributed by atoms with Gasteiger partial charge in [-0.15, -0.1) is 0 Å². The van der Waals surface area contributed by atoms with E-state index in [0.717, 1.165) is 0 Å². The van der Waals surface area contributed by atoms with Gasteiger partial charge in [-0.05, 0) is 64.5 Å². The van der Waals surface area contributed by atoms with Crippen molar-refractivity contribution < 1.29 is 47.4 Å². The summed E-state index contributed by atoms with van der Waals surface area (Å²) < 4.78 is 51.3. The Hall–Kier alpha value is -2.00. The van der Waals surface area contributed by atoms with Crippen molar-refractivity contribution >= 4 is 25.5 Å². The number of allylic oxidation sites excluding steroid dienone is 4. The van der Waals surface area contributed by atoms with Gasteiger partial charge in [-0.2, -0.15) is 0 Å². The number of rotatable bonds is 6.